The van der Waals surface area contributed by atoms with Crippen LogP contribution in [0.15, 0.2) is 40.9 Å². The van der Waals surface area contributed by atoms with Crippen LogP contribution in [0.1, 0.15) is 46.8 Å². The molecule has 0 heterocycles. The Hall–Kier alpha value is -1.61. The maximum Gasteiger partial charge on any atom is 0.343 e. The molecular weight excluding hydrogens is 328 g/mol. The zero-order valence-corrected chi connectivity index (χ0v) is 14.3. The number of hydrogen-bond donors (Lipinski definition) is 0. The lowest BCUT2D eigenvalue weighted by Gasteiger charge is -2.12. The molecule has 0 fully saturated rings. The third-order valence-electron chi connectivity index (χ3n) is 3.43. The van der Waals surface area contributed by atoms with Crippen LogP contribution in [0.5, 0.6) is 5.75 Å². The standard InChI is InChI=1S/C18H19BrO2/c1-11(2)14-5-7-15(8-6-14)18(20)21-17-12(3)9-16(19)10-13(17)4/h5-11H,1-4H3. The Morgan fingerprint density at radius 2 is 1.57 bits per heavy atom. The Morgan fingerprint density at radius 3 is 2.05 bits per heavy atom. The maximum absolute atomic E-state index is 12.3. The molecule has 0 aliphatic carbocycles. The summed E-state index contributed by atoms with van der Waals surface area (Å²) < 4.78 is 6.54. The highest BCUT2D eigenvalue weighted by Gasteiger charge is 2.13. The van der Waals surface area contributed by atoms with E-state index >= 15 is 0 Å². The summed E-state index contributed by atoms with van der Waals surface area (Å²) in [5.41, 5.74) is 3.66. The molecule has 0 aromatic heterocycles. The van der Waals surface area contributed by atoms with Gasteiger partial charge in [-0.05, 0) is 60.7 Å². The molecule has 0 amide bonds. The van der Waals surface area contributed by atoms with Crippen molar-refractivity contribution >= 4 is 21.9 Å². The zero-order chi connectivity index (χ0) is 15.6. The fourth-order valence-corrected chi connectivity index (χ4v) is 2.90. The summed E-state index contributed by atoms with van der Waals surface area (Å²) in [6.07, 6.45) is 0. The van der Waals surface area contributed by atoms with E-state index < -0.39 is 0 Å². The molecule has 21 heavy (non-hydrogen) atoms. The van der Waals surface area contributed by atoms with Gasteiger partial charge in [-0.15, -0.1) is 0 Å². The third kappa shape index (κ3) is 3.73. The summed E-state index contributed by atoms with van der Waals surface area (Å²) in [6.45, 7) is 8.12. The summed E-state index contributed by atoms with van der Waals surface area (Å²) in [5.74, 6) is 0.765. The first-order chi connectivity index (χ1) is 9.88. The average molecular weight is 347 g/mol. The second kappa shape index (κ2) is 6.44. The molecule has 0 bridgehead atoms. The Labute approximate surface area is 134 Å². The van der Waals surface area contributed by atoms with Crippen molar-refractivity contribution in [3.8, 4) is 5.75 Å². The number of carbonyl (C=O) groups is 1. The molecule has 0 N–H and O–H groups in total. The zero-order valence-electron chi connectivity index (χ0n) is 12.7. The van der Waals surface area contributed by atoms with E-state index in [1.165, 1.54) is 5.56 Å². The highest BCUT2D eigenvalue weighted by atomic mass is 79.9. The van der Waals surface area contributed by atoms with Crippen molar-refractivity contribution in [2.24, 2.45) is 0 Å². The van der Waals surface area contributed by atoms with Gasteiger partial charge in [0.05, 0.1) is 5.56 Å². The highest BCUT2D eigenvalue weighted by Crippen LogP contribution is 2.28. The topological polar surface area (TPSA) is 26.3 Å². The van der Waals surface area contributed by atoms with Gasteiger partial charge in [-0.2, -0.15) is 0 Å². The molecule has 0 aliphatic rings. The fraction of sp³-hybridized carbons (Fsp3) is 0.278. The number of esters is 1. The predicted octanol–water partition coefficient (Wildman–Crippen LogP) is 5.41. The first-order valence-corrected chi connectivity index (χ1v) is 7.76. The van der Waals surface area contributed by atoms with Crippen molar-refractivity contribution in [1.29, 1.82) is 0 Å². The van der Waals surface area contributed by atoms with Gasteiger partial charge in [0.2, 0.25) is 0 Å². The molecule has 2 aromatic rings. The second-order valence-corrected chi connectivity index (χ2v) is 6.45. The minimum atomic E-state index is -0.321. The van der Waals surface area contributed by atoms with Crippen molar-refractivity contribution in [3.05, 3.63) is 63.1 Å². The largest absolute Gasteiger partial charge is 0.422 e. The van der Waals surface area contributed by atoms with Crippen LogP contribution in [0, 0.1) is 13.8 Å². The van der Waals surface area contributed by atoms with Crippen LogP contribution >= 0.6 is 15.9 Å². The molecule has 0 spiro atoms. The molecule has 0 aliphatic heterocycles. The van der Waals surface area contributed by atoms with E-state index in [-0.39, 0.29) is 5.97 Å². The molecule has 0 unspecified atom stereocenters. The summed E-state index contributed by atoms with van der Waals surface area (Å²) in [5, 5.41) is 0. The smallest absolute Gasteiger partial charge is 0.343 e. The van der Waals surface area contributed by atoms with E-state index in [9.17, 15) is 4.79 Å². The molecule has 0 saturated carbocycles. The van der Waals surface area contributed by atoms with Gasteiger partial charge < -0.3 is 4.74 Å². The lowest BCUT2D eigenvalue weighted by atomic mass is 10.0. The van der Waals surface area contributed by atoms with E-state index in [4.69, 9.17) is 4.74 Å². The van der Waals surface area contributed by atoms with Crippen molar-refractivity contribution in [1.82, 2.24) is 0 Å². The number of halogens is 1. The first kappa shape index (κ1) is 15.8. The molecule has 0 atom stereocenters. The number of rotatable bonds is 3. The van der Waals surface area contributed by atoms with Gasteiger partial charge in [0.25, 0.3) is 0 Å². The van der Waals surface area contributed by atoms with Crippen molar-refractivity contribution in [3.63, 3.8) is 0 Å². The SMILES string of the molecule is Cc1cc(Br)cc(C)c1OC(=O)c1ccc(C(C)C)cc1. The number of benzene rings is 2. The van der Waals surface area contributed by atoms with Crippen molar-refractivity contribution in [2.45, 2.75) is 33.6 Å². The van der Waals surface area contributed by atoms with Gasteiger partial charge in [-0.3, -0.25) is 0 Å². The van der Waals surface area contributed by atoms with Gasteiger partial charge in [-0.1, -0.05) is 41.9 Å². The normalized spacial score (nSPS) is 10.8. The lowest BCUT2D eigenvalue weighted by Crippen LogP contribution is -2.10. The Bertz CT molecular complexity index is 634. The Balaban J connectivity index is 2.22. The van der Waals surface area contributed by atoms with Crippen molar-refractivity contribution < 1.29 is 9.53 Å². The van der Waals surface area contributed by atoms with E-state index in [2.05, 4.69) is 29.8 Å². The summed E-state index contributed by atoms with van der Waals surface area (Å²) >= 11 is 3.44. The predicted molar refractivity (Wildman–Crippen MR) is 89.1 cm³/mol. The highest BCUT2D eigenvalue weighted by molar-refractivity contribution is 9.10. The number of ether oxygens (including phenoxy) is 1. The van der Waals surface area contributed by atoms with Crippen molar-refractivity contribution in [2.75, 3.05) is 0 Å². The molecule has 0 radical (unpaired) electrons. The van der Waals surface area contributed by atoms with Crippen LogP contribution in [0.25, 0.3) is 0 Å². The summed E-state index contributed by atoms with van der Waals surface area (Å²) in [6, 6.07) is 11.5. The minimum absolute atomic E-state index is 0.321. The molecule has 2 rings (SSSR count). The van der Waals surface area contributed by atoms with Crippen LogP contribution in [0.3, 0.4) is 0 Å². The first-order valence-electron chi connectivity index (χ1n) is 6.97. The third-order valence-corrected chi connectivity index (χ3v) is 3.89. The molecule has 110 valence electrons. The molecular formula is C18H19BrO2. The van der Waals surface area contributed by atoms with E-state index in [1.807, 2.05) is 50.2 Å². The molecule has 2 nitrogen and oxygen atoms in total. The van der Waals surface area contributed by atoms with Crippen LogP contribution in [-0.2, 0) is 0 Å². The van der Waals surface area contributed by atoms with Crippen LogP contribution in [-0.4, -0.2) is 5.97 Å². The van der Waals surface area contributed by atoms with E-state index in [0.717, 1.165) is 15.6 Å². The lowest BCUT2D eigenvalue weighted by molar-refractivity contribution is 0.0732. The molecule has 3 heteroatoms. The van der Waals surface area contributed by atoms with Crippen LogP contribution in [0.2, 0.25) is 0 Å². The summed E-state index contributed by atoms with van der Waals surface area (Å²) in [4.78, 5) is 12.3. The Kier molecular flexibility index (Phi) is 4.84. The monoisotopic (exact) mass is 346 g/mol. The second-order valence-electron chi connectivity index (χ2n) is 5.53. The van der Waals surface area contributed by atoms with Gasteiger partial charge in [0, 0.05) is 4.47 Å². The quantitative estimate of drug-likeness (QED) is 0.548. The van der Waals surface area contributed by atoms with Gasteiger partial charge in [-0.25, -0.2) is 4.79 Å². The number of hydrogen-bond acceptors (Lipinski definition) is 2. The maximum atomic E-state index is 12.3. The van der Waals surface area contributed by atoms with Gasteiger partial charge >= 0.3 is 5.97 Å². The molecule has 2 aromatic carbocycles. The fourth-order valence-electron chi connectivity index (χ4n) is 2.21. The average Bonchev–Trinajstić information content (AvgIpc) is 2.42. The van der Waals surface area contributed by atoms with Crippen LogP contribution in [0.4, 0.5) is 0 Å². The van der Waals surface area contributed by atoms with E-state index in [0.29, 0.717) is 17.2 Å². The summed E-state index contributed by atoms with van der Waals surface area (Å²) in [7, 11) is 0. The van der Waals surface area contributed by atoms with Crippen LogP contribution < -0.4 is 4.74 Å². The number of aryl methyl sites for hydroxylation is 2. The number of carbonyl (C=O) groups excluding carboxylic acids is 1. The minimum Gasteiger partial charge on any atom is -0.422 e. The molecule has 0 saturated heterocycles. The van der Waals surface area contributed by atoms with E-state index in [1.54, 1.807) is 0 Å². The van der Waals surface area contributed by atoms with Gasteiger partial charge in [0.15, 0.2) is 0 Å². The Morgan fingerprint density at radius 1 is 1.05 bits per heavy atom. The van der Waals surface area contributed by atoms with Gasteiger partial charge in [0.1, 0.15) is 5.75 Å².